The lowest BCUT2D eigenvalue weighted by atomic mass is 10.3. The van der Waals surface area contributed by atoms with E-state index >= 15 is 0 Å². The Bertz CT molecular complexity index is 562. The minimum atomic E-state index is -0.456. The number of carbonyl (C=O) groups excluding carboxylic acids is 1. The zero-order chi connectivity index (χ0) is 13.1. The first-order chi connectivity index (χ1) is 8.61. The summed E-state index contributed by atoms with van der Waals surface area (Å²) in [7, 11) is 3.20. The van der Waals surface area contributed by atoms with Crippen LogP contribution in [0.1, 0.15) is 21.9 Å². The maximum Gasteiger partial charge on any atom is 0.374 e. The van der Waals surface area contributed by atoms with Gasteiger partial charge >= 0.3 is 5.97 Å². The fraction of sp³-hybridized carbons (Fsp3) is 0.364. The van der Waals surface area contributed by atoms with Crippen molar-refractivity contribution in [1.82, 2.24) is 14.8 Å². The fourth-order valence-electron chi connectivity index (χ4n) is 1.45. The molecule has 96 valence electrons. The lowest BCUT2D eigenvalue weighted by Gasteiger charge is -1.98. The number of nitrogens with zero attached hydrogens (tertiary/aromatic N) is 3. The van der Waals surface area contributed by atoms with Gasteiger partial charge in [-0.15, -0.1) is 10.2 Å². The number of aromatic nitrogens is 3. The van der Waals surface area contributed by atoms with Gasteiger partial charge in [0.15, 0.2) is 5.16 Å². The summed E-state index contributed by atoms with van der Waals surface area (Å²) in [5.74, 6) is 1.10. The highest BCUT2D eigenvalue weighted by atomic mass is 32.2. The predicted molar refractivity (Wildman–Crippen MR) is 65.3 cm³/mol. The number of methoxy groups -OCH3 is 1. The number of furan rings is 1. The van der Waals surface area contributed by atoms with Gasteiger partial charge < -0.3 is 13.7 Å². The van der Waals surface area contributed by atoms with Crippen LogP contribution in [0, 0.1) is 6.92 Å². The lowest BCUT2D eigenvalue weighted by molar-refractivity contribution is 0.0562. The molecule has 0 spiro atoms. The van der Waals surface area contributed by atoms with E-state index in [1.807, 2.05) is 24.6 Å². The van der Waals surface area contributed by atoms with Crippen molar-refractivity contribution < 1.29 is 13.9 Å². The standard InChI is InChI=1S/C11H13N3O3S/c1-7-4-8(17-9(7)10(15)16-3)5-18-11-13-12-6-14(11)2/h4,6H,5H2,1-3H3. The molecule has 0 radical (unpaired) electrons. The molecule has 0 atom stereocenters. The fourth-order valence-corrected chi connectivity index (χ4v) is 2.22. The molecular weight excluding hydrogens is 254 g/mol. The average molecular weight is 267 g/mol. The van der Waals surface area contributed by atoms with Crippen LogP contribution in [0.5, 0.6) is 0 Å². The Labute approximate surface area is 108 Å². The Balaban J connectivity index is 2.07. The molecule has 0 saturated carbocycles. The quantitative estimate of drug-likeness (QED) is 0.621. The summed E-state index contributed by atoms with van der Waals surface area (Å²) in [6.07, 6.45) is 1.63. The Hall–Kier alpha value is -1.76. The van der Waals surface area contributed by atoms with E-state index in [9.17, 15) is 4.79 Å². The normalized spacial score (nSPS) is 10.6. The van der Waals surface area contributed by atoms with Crippen molar-refractivity contribution in [2.24, 2.45) is 7.05 Å². The molecule has 0 amide bonds. The van der Waals surface area contributed by atoms with E-state index in [1.165, 1.54) is 18.9 Å². The van der Waals surface area contributed by atoms with E-state index in [0.29, 0.717) is 11.5 Å². The molecule has 0 fully saturated rings. The van der Waals surface area contributed by atoms with Gasteiger partial charge in [-0.2, -0.15) is 0 Å². The molecule has 2 aromatic rings. The zero-order valence-electron chi connectivity index (χ0n) is 10.3. The minimum absolute atomic E-state index is 0.256. The topological polar surface area (TPSA) is 70.2 Å². The first-order valence-electron chi connectivity index (χ1n) is 5.26. The van der Waals surface area contributed by atoms with Crippen LogP contribution in [-0.2, 0) is 17.5 Å². The second-order valence-electron chi connectivity index (χ2n) is 3.73. The maximum atomic E-state index is 11.4. The first kappa shape index (κ1) is 12.7. The zero-order valence-corrected chi connectivity index (χ0v) is 11.2. The van der Waals surface area contributed by atoms with Crippen molar-refractivity contribution in [3.8, 4) is 0 Å². The van der Waals surface area contributed by atoms with Gasteiger partial charge in [0, 0.05) is 12.6 Å². The number of carbonyl (C=O) groups is 1. The smallest absolute Gasteiger partial charge is 0.374 e. The summed E-state index contributed by atoms with van der Waals surface area (Å²) in [5.41, 5.74) is 0.774. The minimum Gasteiger partial charge on any atom is -0.463 e. The van der Waals surface area contributed by atoms with E-state index in [0.717, 1.165) is 10.7 Å². The summed E-state index contributed by atoms with van der Waals surface area (Å²) in [4.78, 5) is 11.4. The number of hydrogen-bond acceptors (Lipinski definition) is 6. The van der Waals surface area contributed by atoms with Gasteiger partial charge in [0.25, 0.3) is 0 Å². The molecule has 0 unspecified atom stereocenters. The van der Waals surface area contributed by atoms with Gasteiger partial charge in [-0.25, -0.2) is 4.79 Å². The van der Waals surface area contributed by atoms with Gasteiger partial charge in [0.05, 0.1) is 12.9 Å². The average Bonchev–Trinajstić information content (AvgIpc) is 2.92. The highest BCUT2D eigenvalue weighted by molar-refractivity contribution is 7.98. The highest BCUT2D eigenvalue weighted by Crippen LogP contribution is 2.23. The monoisotopic (exact) mass is 267 g/mol. The number of hydrogen-bond donors (Lipinski definition) is 0. The van der Waals surface area contributed by atoms with Gasteiger partial charge in [0.1, 0.15) is 12.1 Å². The van der Waals surface area contributed by atoms with Crippen molar-refractivity contribution in [3.63, 3.8) is 0 Å². The van der Waals surface area contributed by atoms with E-state index in [2.05, 4.69) is 14.9 Å². The molecule has 0 saturated heterocycles. The third kappa shape index (κ3) is 2.56. The predicted octanol–water partition coefficient (Wildman–Crippen LogP) is 1.80. The van der Waals surface area contributed by atoms with Gasteiger partial charge in [-0.05, 0) is 13.0 Å². The maximum absolute atomic E-state index is 11.4. The number of ether oxygens (including phenoxy) is 1. The molecule has 7 heteroatoms. The van der Waals surface area contributed by atoms with Gasteiger partial charge in [-0.3, -0.25) is 0 Å². The molecule has 2 rings (SSSR count). The van der Waals surface area contributed by atoms with Crippen LogP contribution in [0.3, 0.4) is 0 Å². The molecule has 18 heavy (non-hydrogen) atoms. The number of esters is 1. The molecule has 0 aliphatic rings. The second-order valence-corrected chi connectivity index (χ2v) is 4.67. The molecule has 6 nitrogen and oxygen atoms in total. The largest absolute Gasteiger partial charge is 0.463 e. The Kier molecular flexibility index (Phi) is 3.71. The van der Waals surface area contributed by atoms with E-state index < -0.39 is 5.97 Å². The van der Waals surface area contributed by atoms with Crippen molar-refractivity contribution in [1.29, 1.82) is 0 Å². The highest BCUT2D eigenvalue weighted by Gasteiger charge is 2.16. The first-order valence-corrected chi connectivity index (χ1v) is 6.24. The molecule has 0 aliphatic carbocycles. The second kappa shape index (κ2) is 5.26. The summed E-state index contributed by atoms with van der Waals surface area (Å²) >= 11 is 1.49. The van der Waals surface area contributed by atoms with Crippen LogP contribution in [0.2, 0.25) is 0 Å². The SMILES string of the molecule is COC(=O)c1oc(CSc2nncn2C)cc1C. The third-order valence-electron chi connectivity index (χ3n) is 2.35. The molecule has 0 aliphatic heterocycles. The molecule has 2 aromatic heterocycles. The Morgan fingerprint density at radius 3 is 3.00 bits per heavy atom. The van der Waals surface area contributed by atoms with Gasteiger partial charge in [-0.1, -0.05) is 11.8 Å². The number of rotatable bonds is 4. The van der Waals surface area contributed by atoms with Crippen molar-refractivity contribution in [2.75, 3.05) is 7.11 Å². The molecular formula is C11H13N3O3S. The lowest BCUT2D eigenvalue weighted by Crippen LogP contribution is -2.00. The third-order valence-corrected chi connectivity index (χ3v) is 3.41. The summed E-state index contributed by atoms with van der Waals surface area (Å²) in [6, 6.07) is 1.83. The molecule has 0 bridgehead atoms. The van der Waals surface area contributed by atoms with Gasteiger partial charge in [0.2, 0.25) is 5.76 Å². The van der Waals surface area contributed by atoms with Crippen molar-refractivity contribution in [3.05, 3.63) is 29.5 Å². The van der Waals surface area contributed by atoms with Crippen LogP contribution in [0.15, 0.2) is 22.0 Å². The van der Waals surface area contributed by atoms with E-state index in [4.69, 9.17) is 4.42 Å². The molecule has 0 N–H and O–H groups in total. The number of aryl methyl sites for hydroxylation is 2. The van der Waals surface area contributed by atoms with Crippen LogP contribution in [0.4, 0.5) is 0 Å². The van der Waals surface area contributed by atoms with Crippen LogP contribution >= 0.6 is 11.8 Å². The Morgan fingerprint density at radius 2 is 2.39 bits per heavy atom. The summed E-state index contributed by atoms with van der Waals surface area (Å²) in [6.45, 7) is 1.81. The Morgan fingerprint density at radius 1 is 1.61 bits per heavy atom. The van der Waals surface area contributed by atoms with E-state index in [1.54, 1.807) is 6.33 Å². The van der Waals surface area contributed by atoms with Crippen molar-refractivity contribution in [2.45, 2.75) is 17.8 Å². The molecule has 2 heterocycles. The van der Waals surface area contributed by atoms with Crippen LogP contribution in [-0.4, -0.2) is 27.8 Å². The number of thioether (sulfide) groups is 1. The molecule has 0 aromatic carbocycles. The van der Waals surface area contributed by atoms with Crippen LogP contribution < -0.4 is 0 Å². The van der Waals surface area contributed by atoms with Crippen LogP contribution in [0.25, 0.3) is 0 Å². The summed E-state index contributed by atoms with van der Waals surface area (Å²) < 4.78 is 11.9. The summed E-state index contributed by atoms with van der Waals surface area (Å²) in [5, 5.41) is 8.53. The van der Waals surface area contributed by atoms with Crippen molar-refractivity contribution >= 4 is 17.7 Å². The van der Waals surface area contributed by atoms with E-state index in [-0.39, 0.29) is 5.76 Å².